The Morgan fingerprint density at radius 3 is 1.58 bits per heavy atom. The van der Waals surface area contributed by atoms with Crippen molar-refractivity contribution in [3.63, 3.8) is 0 Å². The Morgan fingerprint density at radius 2 is 1.15 bits per heavy atom. The quantitative estimate of drug-likeness (QED) is 0.601. The minimum absolute atomic E-state index is 0.524. The van der Waals surface area contributed by atoms with E-state index in [1.165, 1.54) is 11.1 Å². The zero-order chi connectivity index (χ0) is 18.3. The highest BCUT2D eigenvalue weighted by molar-refractivity contribution is 6.50. The molecule has 0 saturated heterocycles. The molecule has 26 heavy (non-hydrogen) atoms. The number of hydrogen-bond acceptors (Lipinski definition) is 2. The highest BCUT2D eigenvalue weighted by Crippen LogP contribution is 2.40. The molecule has 4 heteroatoms. The van der Waals surface area contributed by atoms with E-state index >= 15 is 0 Å². The van der Waals surface area contributed by atoms with Crippen LogP contribution in [0.1, 0.15) is 35.1 Å². The van der Waals surface area contributed by atoms with Gasteiger partial charge in [-0.05, 0) is 62.1 Å². The third-order valence-electron chi connectivity index (χ3n) is 4.90. The number of benzene rings is 2. The summed E-state index contributed by atoms with van der Waals surface area (Å²) in [5, 5.41) is 1.61. The topological polar surface area (TPSA) is 18.5 Å². The van der Waals surface area contributed by atoms with E-state index in [-0.39, 0.29) is 0 Å². The van der Waals surface area contributed by atoms with Crippen molar-refractivity contribution in [2.45, 2.75) is 26.7 Å². The molecule has 4 rings (SSSR count). The highest BCUT2D eigenvalue weighted by atomic mass is 35.5. The van der Waals surface area contributed by atoms with E-state index in [1.807, 2.05) is 24.3 Å². The normalized spacial score (nSPS) is 16.0. The van der Waals surface area contributed by atoms with E-state index in [1.54, 1.807) is 0 Å². The molecule has 0 bridgehead atoms. The summed E-state index contributed by atoms with van der Waals surface area (Å²) in [4.78, 5) is 0. The van der Waals surface area contributed by atoms with Gasteiger partial charge in [-0.1, -0.05) is 46.5 Å². The lowest BCUT2D eigenvalue weighted by Gasteiger charge is -2.24. The van der Waals surface area contributed by atoms with Crippen LogP contribution >= 0.6 is 23.2 Å². The van der Waals surface area contributed by atoms with Gasteiger partial charge in [-0.25, -0.2) is 0 Å². The van der Waals surface area contributed by atoms with Gasteiger partial charge in [0.15, 0.2) is 0 Å². The van der Waals surface area contributed by atoms with E-state index in [4.69, 9.17) is 32.7 Å². The van der Waals surface area contributed by atoms with Gasteiger partial charge in [0.1, 0.15) is 24.7 Å². The summed E-state index contributed by atoms with van der Waals surface area (Å²) in [5.74, 6) is 1.71. The summed E-state index contributed by atoms with van der Waals surface area (Å²) in [6, 6.07) is 12.2. The second-order valence-electron chi connectivity index (χ2n) is 6.91. The molecule has 0 amide bonds. The number of fused-ring (bicyclic) bond motifs is 2. The van der Waals surface area contributed by atoms with E-state index in [2.05, 4.69) is 26.0 Å². The van der Waals surface area contributed by atoms with Crippen LogP contribution in [0.15, 0.2) is 47.5 Å². The van der Waals surface area contributed by atoms with Gasteiger partial charge >= 0.3 is 0 Å². The van der Waals surface area contributed by atoms with Crippen LogP contribution in [0, 0.1) is 13.8 Å². The summed E-state index contributed by atoms with van der Waals surface area (Å²) in [6.45, 7) is 5.16. The monoisotopic (exact) mass is 386 g/mol. The lowest BCUT2D eigenvalue weighted by Crippen LogP contribution is -2.13. The lowest BCUT2D eigenvalue weighted by atomic mass is 9.97. The van der Waals surface area contributed by atoms with Gasteiger partial charge in [0, 0.05) is 11.1 Å². The Bertz CT molecular complexity index is 864. The molecule has 0 N–H and O–H groups in total. The third kappa shape index (κ3) is 3.24. The van der Waals surface area contributed by atoms with Gasteiger partial charge in [-0.2, -0.15) is 0 Å². The molecule has 134 valence electrons. The van der Waals surface area contributed by atoms with Gasteiger partial charge in [0.25, 0.3) is 0 Å². The molecule has 0 unspecified atom stereocenters. The van der Waals surface area contributed by atoms with Crippen molar-refractivity contribution in [1.82, 2.24) is 0 Å². The summed E-state index contributed by atoms with van der Waals surface area (Å²) in [6.07, 6.45) is 1.62. The Balaban J connectivity index is 1.58. The predicted octanol–water partition coefficient (Wildman–Crippen LogP) is 6.47. The average molecular weight is 387 g/mol. The molecular formula is C22H20Cl2O2. The molecule has 0 fully saturated rings. The number of halogens is 2. The summed E-state index contributed by atoms with van der Waals surface area (Å²) < 4.78 is 11.8. The molecule has 2 aromatic rings. The highest BCUT2D eigenvalue weighted by Gasteiger charge is 2.22. The molecule has 2 aliphatic rings. The van der Waals surface area contributed by atoms with E-state index in [9.17, 15) is 0 Å². The van der Waals surface area contributed by atoms with Gasteiger partial charge in [-0.3, -0.25) is 0 Å². The fourth-order valence-corrected chi connectivity index (χ4v) is 3.98. The molecule has 0 aromatic heterocycles. The molecule has 0 atom stereocenters. The van der Waals surface area contributed by atoms with Crippen LogP contribution in [0.5, 0.6) is 11.5 Å². The maximum Gasteiger partial charge on any atom is 0.128 e. The first-order chi connectivity index (χ1) is 12.5. The van der Waals surface area contributed by atoms with Crippen LogP contribution in [-0.2, 0) is 0 Å². The largest absolute Gasteiger partial charge is 0.489 e. The van der Waals surface area contributed by atoms with Crippen LogP contribution < -0.4 is 9.47 Å². The molecule has 2 heterocycles. The lowest BCUT2D eigenvalue weighted by molar-refractivity contribution is 0.333. The van der Waals surface area contributed by atoms with E-state index in [0.717, 1.165) is 56.7 Å². The maximum absolute atomic E-state index is 6.66. The minimum atomic E-state index is 0.524. The second-order valence-corrected chi connectivity index (χ2v) is 7.67. The molecule has 0 spiro atoms. The van der Waals surface area contributed by atoms with Crippen molar-refractivity contribution >= 4 is 33.3 Å². The number of ether oxygens (including phenoxy) is 2. The Kier molecular flexibility index (Phi) is 4.73. The molecule has 2 aromatic carbocycles. The number of hydrogen-bond donors (Lipinski definition) is 0. The zero-order valence-corrected chi connectivity index (χ0v) is 16.4. The van der Waals surface area contributed by atoms with Crippen LogP contribution in [0.4, 0.5) is 0 Å². The van der Waals surface area contributed by atoms with Gasteiger partial charge in [0.2, 0.25) is 0 Å². The number of rotatable bonds is 3. The van der Waals surface area contributed by atoms with Crippen LogP contribution in [0.3, 0.4) is 0 Å². The van der Waals surface area contributed by atoms with Crippen LogP contribution in [-0.4, -0.2) is 13.2 Å². The van der Waals surface area contributed by atoms with E-state index in [0.29, 0.717) is 13.2 Å². The first-order valence-corrected chi connectivity index (χ1v) is 9.51. The van der Waals surface area contributed by atoms with Gasteiger partial charge in [-0.15, -0.1) is 0 Å². The molecule has 2 aliphatic heterocycles. The van der Waals surface area contributed by atoms with Gasteiger partial charge in [0.05, 0.1) is 10.1 Å². The summed E-state index contributed by atoms with van der Waals surface area (Å²) >= 11 is 13.3. The summed E-state index contributed by atoms with van der Waals surface area (Å²) in [7, 11) is 0. The smallest absolute Gasteiger partial charge is 0.128 e. The molecule has 0 radical (unpaired) electrons. The zero-order valence-electron chi connectivity index (χ0n) is 14.9. The van der Waals surface area contributed by atoms with Crippen molar-refractivity contribution in [1.29, 1.82) is 0 Å². The first-order valence-electron chi connectivity index (χ1n) is 8.75. The Hall–Kier alpha value is -1.90. The summed E-state index contributed by atoms with van der Waals surface area (Å²) in [5.41, 5.74) is 6.52. The predicted molar refractivity (Wildman–Crippen MR) is 108 cm³/mol. The molecule has 0 aliphatic carbocycles. The standard InChI is InChI=1S/C22H20Cl2O2/c1-13-3-7-19-17(9-13)21(23)15(11-25-19)5-6-16-12-26-20-8-4-14(2)10-18(20)22(16)24/h3-4,7-10H,5-6,11-12H2,1-2H3. The minimum Gasteiger partial charge on any atom is -0.489 e. The van der Waals surface area contributed by atoms with Crippen molar-refractivity contribution < 1.29 is 9.47 Å². The second kappa shape index (κ2) is 7.02. The van der Waals surface area contributed by atoms with Crippen LogP contribution in [0.25, 0.3) is 10.1 Å². The van der Waals surface area contributed by atoms with Crippen molar-refractivity contribution in [3.8, 4) is 11.5 Å². The number of aryl methyl sites for hydroxylation is 2. The molecule has 2 nitrogen and oxygen atoms in total. The fraction of sp³-hybridized carbons (Fsp3) is 0.273. The first kappa shape index (κ1) is 17.5. The fourth-order valence-electron chi connectivity index (χ4n) is 3.39. The molecular weight excluding hydrogens is 367 g/mol. The van der Waals surface area contributed by atoms with Gasteiger partial charge < -0.3 is 9.47 Å². The van der Waals surface area contributed by atoms with Crippen molar-refractivity contribution in [2.24, 2.45) is 0 Å². The maximum atomic E-state index is 6.66. The SMILES string of the molecule is Cc1ccc2c(c1)C(Cl)=C(CCC1=C(Cl)c3cc(C)ccc3OC1)CO2. The third-order valence-corrected chi connectivity index (χ3v) is 5.84. The Labute approximate surface area is 164 Å². The van der Waals surface area contributed by atoms with Crippen LogP contribution in [0.2, 0.25) is 0 Å². The molecule has 0 saturated carbocycles. The van der Waals surface area contributed by atoms with Crippen molar-refractivity contribution in [3.05, 3.63) is 69.8 Å². The van der Waals surface area contributed by atoms with E-state index < -0.39 is 0 Å². The van der Waals surface area contributed by atoms with Crippen molar-refractivity contribution in [2.75, 3.05) is 13.2 Å². The Morgan fingerprint density at radius 1 is 0.731 bits per heavy atom. The average Bonchev–Trinajstić information content (AvgIpc) is 2.63.